The summed E-state index contributed by atoms with van der Waals surface area (Å²) in [6, 6.07) is 14.1. The van der Waals surface area contributed by atoms with Gasteiger partial charge in [-0.05, 0) is 42.9 Å². The monoisotopic (exact) mass is 335 g/mol. The van der Waals surface area contributed by atoms with Crippen LogP contribution in [-0.4, -0.2) is 21.3 Å². The van der Waals surface area contributed by atoms with E-state index in [1.165, 1.54) is 0 Å². The van der Waals surface area contributed by atoms with E-state index < -0.39 is 0 Å². The molecule has 106 valence electrons. The van der Waals surface area contributed by atoms with E-state index in [1.54, 1.807) is 14.2 Å². The van der Waals surface area contributed by atoms with Gasteiger partial charge >= 0.3 is 0 Å². The van der Waals surface area contributed by atoms with Crippen LogP contribution in [0, 0.1) is 0 Å². The number of methoxy groups -OCH3 is 2. The third-order valence-electron chi connectivity index (χ3n) is 3.22. The lowest BCUT2D eigenvalue weighted by atomic mass is 9.98. The van der Waals surface area contributed by atoms with Crippen molar-refractivity contribution in [3.63, 3.8) is 0 Å². The number of nitrogens with one attached hydrogen (secondary N) is 1. The maximum atomic E-state index is 5.47. The van der Waals surface area contributed by atoms with Crippen LogP contribution in [0.5, 0.6) is 11.5 Å². The normalized spacial score (nSPS) is 12.0. The highest BCUT2D eigenvalue weighted by atomic mass is 79.9. The van der Waals surface area contributed by atoms with Gasteiger partial charge in [-0.2, -0.15) is 0 Å². The Balaban J connectivity index is 2.48. The van der Waals surface area contributed by atoms with Gasteiger partial charge in [-0.25, -0.2) is 0 Å². The first-order valence-corrected chi connectivity index (χ1v) is 7.13. The Kier molecular flexibility index (Phi) is 5.04. The van der Waals surface area contributed by atoms with Crippen molar-refractivity contribution in [2.24, 2.45) is 0 Å². The Morgan fingerprint density at radius 1 is 1.05 bits per heavy atom. The topological polar surface area (TPSA) is 30.5 Å². The molecule has 0 fully saturated rings. The van der Waals surface area contributed by atoms with Crippen LogP contribution in [0.1, 0.15) is 17.2 Å². The van der Waals surface area contributed by atoms with E-state index in [0.717, 1.165) is 27.1 Å². The predicted octanol–water partition coefficient (Wildman–Crippen LogP) is 3.78. The third-order valence-corrected chi connectivity index (χ3v) is 3.71. The molecule has 0 radical (unpaired) electrons. The van der Waals surface area contributed by atoms with Gasteiger partial charge in [0, 0.05) is 10.0 Å². The molecule has 0 aliphatic heterocycles. The van der Waals surface area contributed by atoms with Gasteiger partial charge in [0.1, 0.15) is 11.5 Å². The molecule has 2 aromatic rings. The van der Waals surface area contributed by atoms with Crippen molar-refractivity contribution in [3.8, 4) is 11.5 Å². The molecule has 2 rings (SSSR count). The van der Waals surface area contributed by atoms with Gasteiger partial charge in [-0.3, -0.25) is 0 Å². The number of hydrogen-bond donors (Lipinski definition) is 1. The van der Waals surface area contributed by atoms with E-state index in [4.69, 9.17) is 9.47 Å². The maximum absolute atomic E-state index is 5.47. The van der Waals surface area contributed by atoms with E-state index in [0.29, 0.717) is 0 Å². The largest absolute Gasteiger partial charge is 0.497 e. The number of ether oxygens (including phenoxy) is 2. The van der Waals surface area contributed by atoms with Crippen LogP contribution in [0.3, 0.4) is 0 Å². The molecule has 4 heteroatoms. The molecular weight excluding hydrogens is 318 g/mol. The lowest BCUT2D eigenvalue weighted by molar-refractivity contribution is 0.404. The van der Waals surface area contributed by atoms with Crippen molar-refractivity contribution in [1.29, 1.82) is 0 Å². The van der Waals surface area contributed by atoms with Crippen molar-refractivity contribution in [2.45, 2.75) is 6.04 Å². The van der Waals surface area contributed by atoms with Crippen LogP contribution in [0.25, 0.3) is 0 Å². The lowest BCUT2D eigenvalue weighted by Crippen LogP contribution is -2.18. The summed E-state index contributed by atoms with van der Waals surface area (Å²) in [6.45, 7) is 0. The molecular formula is C16H18BrNO2. The summed E-state index contributed by atoms with van der Waals surface area (Å²) < 4.78 is 11.8. The Morgan fingerprint density at radius 2 is 1.85 bits per heavy atom. The summed E-state index contributed by atoms with van der Waals surface area (Å²) in [6.07, 6.45) is 0. The summed E-state index contributed by atoms with van der Waals surface area (Å²) in [5.41, 5.74) is 2.21. The van der Waals surface area contributed by atoms with Crippen molar-refractivity contribution < 1.29 is 9.47 Å². The summed E-state index contributed by atoms with van der Waals surface area (Å²) in [4.78, 5) is 0. The maximum Gasteiger partial charge on any atom is 0.124 e. The molecule has 0 saturated heterocycles. The second-order valence-electron chi connectivity index (χ2n) is 4.38. The van der Waals surface area contributed by atoms with Crippen molar-refractivity contribution >= 4 is 15.9 Å². The number of halogens is 1. The standard InChI is InChI=1S/C16H18BrNO2/c1-18-16(11-5-4-6-13(9-11)19-2)14-10-12(17)7-8-15(14)20-3/h4-10,16,18H,1-3H3. The summed E-state index contributed by atoms with van der Waals surface area (Å²) in [5.74, 6) is 1.70. The third kappa shape index (κ3) is 3.14. The Morgan fingerprint density at radius 3 is 2.50 bits per heavy atom. The molecule has 0 spiro atoms. The lowest BCUT2D eigenvalue weighted by Gasteiger charge is -2.20. The molecule has 0 amide bonds. The fourth-order valence-corrected chi connectivity index (χ4v) is 2.63. The van der Waals surface area contributed by atoms with Gasteiger partial charge in [-0.1, -0.05) is 28.1 Å². The molecule has 2 aromatic carbocycles. The molecule has 0 aromatic heterocycles. The highest BCUT2D eigenvalue weighted by Crippen LogP contribution is 2.33. The van der Waals surface area contributed by atoms with Gasteiger partial charge in [0.05, 0.1) is 20.3 Å². The van der Waals surface area contributed by atoms with Gasteiger partial charge in [-0.15, -0.1) is 0 Å². The predicted molar refractivity (Wildman–Crippen MR) is 84.6 cm³/mol. The van der Waals surface area contributed by atoms with Crippen LogP contribution < -0.4 is 14.8 Å². The molecule has 1 unspecified atom stereocenters. The Hall–Kier alpha value is -1.52. The molecule has 0 bridgehead atoms. The Bertz CT molecular complexity index is 586. The van der Waals surface area contributed by atoms with Crippen molar-refractivity contribution in [2.75, 3.05) is 21.3 Å². The quantitative estimate of drug-likeness (QED) is 0.902. The average Bonchev–Trinajstić information content (AvgIpc) is 2.48. The molecule has 0 saturated carbocycles. The zero-order chi connectivity index (χ0) is 14.5. The van der Waals surface area contributed by atoms with Crippen LogP contribution in [-0.2, 0) is 0 Å². The molecule has 20 heavy (non-hydrogen) atoms. The minimum atomic E-state index is 0.0394. The van der Waals surface area contributed by atoms with Crippen LogP contribution in [0.4, 0.5) is 0 Å². The summed E-state index contributed by atoms with van der Waals surface area (Å²) in [5, 5.41) is 3.33. The minimum absolute atomic E-state index is 0.0394. The molecule has 0 aliphatic carbocycles. The zero-order valence-electron chi connectivity index (χ0n) is 11.8. The second-order valence-corrected chi connectivity index (χ2v) is 5.30. The number of benzene rings is 2. The van der Waals surface area contributed by atoms with Crippen LogP contribution >= 0.6 is 15.9 Å². The fraction of sp³-hybridized carbons (Fsp3) is 0.250. The number of hydrogen-bond acceptors (Lipinski definition) is 3. The van der Waals surface area contributed by atoms with Crippen molar-refractivity contribution in [3.05, 3.63) is 58.1 Å². The first kappa shape index (κ1) is 14.9. The molecule has 1 N–H and O–H groups in total. The van der Waals surface area contributed by atoms with Crippen LogP contribution in [0.15, 0.2) is 46.9 Å². The van der Waals surface area contributed by atoms with Gasteiger partial charge in [0.2, 0.25) is 0 Å². The number of rotatable bonds is 5. The molecule has 3 nitrogen and oxygen atoms in total. The molecule has 0 aliphatic rings. The average molecular weight is 336 g/mol. The van der Waals surface area contributed by atoms with E-state index >= 15 is 0 Å². The highest BCUT2D eigenvalue weighted by molar-refractivity contribution is 9.10. The van der Waals surface area contributed by atoms with E-state index in [2.05, 4.69) is 33.4 Å². The summed E-state index contributed by atoms with van der Waals surface area (Å²) >= 11 is 3.52. The van der Waals surface area contributed by atoms with E-state index in [-0.39, 0.29) is 6.04 Å². The van der Waals surface area contributed by atoms with E-state index in [9.17, 15) is 0 Å². The minimum Gasteiger partial charge on any atom is -0.497 e. The van der Waals surface area contributed by atoms with E-state index in [1.807, 2.05) is 37.4 Å². The smallest absolute Gasteiger partial charge is 0.124 e. The first-order valence-electron chi connectivity index (χ1n) is 6.34. The fourth-order valence-electron chi connectivity index (χ4n) is 2.25. The zero-order valence-corrected chi connectivity index (χ0v) is 13.4. The highest BCUT2D eigenvalue weighted by Gasteiger charge is 2.17. The van der Waals surface area contributed by atoms with Gasteiger partial charge < -0.3 is 14.8 Å². The first-order chi connectivity index (χ1) is 9.69. The molecule has 1 atom stereocenters. The second kappa shape index (κ2) is 6.77. The van der Waals surface area contributed by atoms with Gasteiger partial charge in [0.25, 0.3) is 0 Å². The van der Waals surface area contributed by atoms with Crippen LogP contribution in [0.2, 0.25) is 0 Å². The Labute approximate surface area is 128 Å². The molecule has 0 heterocycles. The van der Waals surface area contributed by atoms with Gasteiger partial charge in [0.15, 0.2) is 0 Å². The summed E-state index contributed by atoms with van der Waals surface area (Å²) in [7, 11) is 5.29. The SMILES string of the molecule is CNC(c1cccc(OC)c1)c1cc(Br)ccc1OC. The van der Waals surface area contributed by atoms with Crippen molar-refractivity contribution in [1.82, 2.24) is 5.32 Å².